The molecule has 0 amide bonds. The largest absolute Gasteiger partial charge is 0.310 e. The van der Waals surface area contributed by atoms with E-state index < -0.39 is 5.82 Å². The molecule has 5 rings (SSSR count). The summed E-state index contributed by atoms with van der Waals surface area (Å²) in [7, 11) is 0. The van der Waals surface area contributed by atoms with Gasteiger partial charge in [-0.05, 0) is 54.8 Å². The number of carbonyl (C=O) groups is 1. The first-order chi connectivity index (χ1) is 13.6. The third-order valence-corrected chi connectivity index (χ3v) is 5.64. The van der Waals surface area contributed by atoms with Crippen LogP contribution in [-0.4, -0.2) is 19.7 Å². The van der Waals surface area contributed by atoms with Gasteiger partial charge in [0.2, 0.25) is 0 Å². The molecule has 1 aliphatic rings. The Balaban J connectivity index is 1.51. The van der Waals surface area contributed by atoms with Crippen LogP contribution in [-0.2, 0) is 17.8 Å². The lowest BCUT2D eigenvalue weighted by Crippen LogP contribution is -2.25. The first kappa shape index (κ1) is 16.9. The quantitative estimate of drug-likeness (QED) is 0.549. The molecular formula is C22H18FN3O2. The maximum absolute atomic E-state index is 13.9. The smallest absolute Gasteiger partial charge is 0.275 e. The molecule has 0 bridgehead atoms. The Morgan fingerprint density at radius 1 is 1.14 bits per heavy atom. The lowest BCUT2D eigenvalue weighted by Gasteiger charge is -2.14. The van der Waals surface area contributed by atoms with E-state index >= 15 is 0 Å². The average Bonchev–Trinajstić information content (AvgIpc) is 3.35. The molecule has 140 valence electrons. The number of benzene rings is 1. The van der Waals surface area contributed by atoms with Crippen molar-refractivity contribution >= 4 is 22.3 Å². The zero-order chi connectivity index (χ0) is 19.3. The topological polar surface area (TPSA) is 56.4 Å². The van der Waals surface area contributed by atoms with Crippen molar-refractivity contribution in [1.82, 2.24) is 14.0 Å². The molecule has 0 saturated heterocycles. The number of fused-ring (bicyclic) bond motifs is 4. The highest BCUT2D eigenvalue weighted by atomic mass is 19.1. The Labute approximate surface area is 160 Å². The molecule has 1 atom stereocenters. The predicted molar refractivity (Wildman–Crippen MR) is 104 cm³/mol. The van der Waals surface area contributed by atoms with Crippen LogP contribution in [0.2, 0.25) is 0 Å². The number of aryl methyl sites for hydroxylation is 2. The van der Waals surface area contributed by atoms with E-state index in [1.165, 1.54) is 16.7 Å². The number of Topliss-reactive ketones (excluding diaryl/α,β-unsaturated/α-hetero) is 1. The summed E-state index contributed by atoms with van der Waals surface area (Å²) in [6.07, 6.45) is 5.32. The monoisotopic (exact) mass is 375 g/mol. The summed E-state index contributed by atoms with van der Waals surface area (Å²) in [5.41, 5.74) is 3.52. The molecule has 0 fully saturated rings. The highest BCUT2D eigenvalue weighted by Gasteiger charge is 2.28. The molecule has 4 aromatic rings. The maximum Gasteiger partial charge on any atom is 0.275 e. The van der Waals surface area contributed by atoms with Crippen LogP contribution in [0.15, 0.2) is 59.7 Å². The second-order valence-corrected chi connectivity index (χ2v) is 7.20. The summed E-state index contributed by atoms with van der Waals surface area (Å²) in [6, 6.07) is 11.7. The van der Waals surface area contributed by atoms with E-state index in [0.717, 1.165) is 29.6 Å². The van der Waals surface area contributed by atoms with E-state index in [-0.39, 0.29) is 30.2 Å². The van der Waals surface area contributed by atoms with Crippen LogP contribution in [0.4, 0.5) is 4.39 Å². The number of hydrogen-bond acceptors (Lipinski definition) is 3. The zero-order valence-corrected chi connectivity index (χ0v) is 15.1. The molecular weight excluding hydrogens is 357 g/mol. The van der Waals surface area contributed by atoms with Crippen LogP contribution in [0.5, 0.6) is 0 Å². The van der Waals surface area contributed by atoms with Crippen molar-refractivity contribution in [2.75, 3.05) is 0 Å². The van der Waals surface area contributed by atoms with Gasteiger partial charge in [0.1, 0.15) is 17.1 Å². The Kier molecular flexibility index (Phi) is 3.86. The summed E-state index contributed by atoms with van der Waals surface area (Å²) < 4.78 is 17.2. The van der Waals surface area contributed by atoms with Crippen molar-refractivity contribution in [3.8, 4) is 0 Å². The van der Waals surface area contributed by atoms with Crippen molar-refractivity contribution < 1.29 is 9.18 Å². The van der Waals surface area contributed by atoms with Crippen molar-refractivity contribution in [2.45, 2.75) is 31.7 Å². The van der Waals surface area contributed by atoms with E-state index in [2.05, 4.69) is 4.98 Å². The van der Waals surface area contributed by atoms with Gasteiger partial charge in [-0.15, -0.1) is 0 Å². The molecule has 28 heavy (non-hydrogen) atoms. The standard InChI is InChI=1S/C22H18FN3O2/c23-14-5-8-18-20(13-14)26(22(28)19-4-2-11-25(18)19)12-9-21(27)16-6-7-17-15(16)3-1-10-24-17/h1-5,8,10-11,13,16H,6-7,9,12H2. The molecule has 3 aromatic heterocycles. The summed E-state index contributed by atoms with van der Waals surface area (Å²) in [5.74, 6) is -0.479. The van der Waals surface area contributed by atoms with Crippen LogP contribution in [0, 0.1) is 5.82 Å². The second-order valence-electron chi connectivity index (χ2n) is 7.20. The van der Waals surface area contributed by atoms with Crippen molar-refractivity contribution in [1.29, 1.82) is 0 Å². The number of hydrogen-bond donors (Lipinski definition) is 0. The van der Waals surface area contributed by atoms with Gasteiger partial charge in [-0.1, -0.05) is 6.07 Å². The third-order valence-electron chi connectivity index (χ3n) is 5.64. The van der Waals surface area contributed by atoms with Gasteiger partial charge in [0.25, 0.3) is 5.56 Å². The van der Waals surface area contributed by atoms with Crippen molar-refractivity contribution in [2.24, 2.45) is 0 Å². The van der Waals surface area contributed by atoms with Crippen LogP contribution in [0.1, 0.15) is 30.0 Å². The second kappa shape index (κ2) is 6.41. The Morgan fingerprint density at radius 3 is 2.93 bits per heavy atom. The molecule has 1 unspecified atom stereocenters. The zero-order valence-electron chi connectivity index (χ0n) is 15.1. The first-order valence-electron chi connectivity index (χ1n) is 9.39. The minimum absolute atomic E-state index is 0.0958. The summed E-state index contributed by atoms with van der Waals surface area (Å²) >= 11 is 0. The van der Waals surface area contributed by atoms with E-state index in [0.29, 0.717) is 11.0 Å². The van der Waals surface area contributed by atoms with Gasteiger partial charge < -0.3 is 8.97 Å². The molecule has 0 saturated carbocycles. The van der Waals surface area contributed by atoms with Gasteiger partial charge in [-0.2, -0.15) is 0 Å². The van der Waals surface area contributed by atoms with Gasteiger partial charge in [-0.25, -0.2) is 4.39 Å². The minimum Gasteiger partial charge on any atom is -0.310 e. The van der Waals surface area contributed by atoms with E-state index in [1.807, 2.05) is 12.1 Å². The molecule has 1 aliphatic carbocycles. The molecule has 1 aromatic carbocycles. The fourth-order valence-electron chi connectivity index (χ4n) is 4.30. The Morgan fingerprint density at radius 2 is 2.04 bits per heavy atom. The lowest BCUT2D eigenvalue weighted by molar-refractivity contribution is -0.120. The summed E-state index contributed by atoms with van der Waals surface area (Å²) in [4.78, 5) is 30.2. The fourth-order valence-corrected chi connectivity index (χ4v) is 4.30. The molecule has 6 heteroatoms. The van der Waals surface area contributed by atoms with Crippen molar-refractivity contribution in [3.63, 3.8) is 0 Å². The summed E-state index contributed by atoms with van der Waals surface area (Å²) in [6.45, 7) is 0.228. The van der Waals surface area contributed by atoms with Crippen LogP contribution < -0.4 is 5.56 Å². The first-order valence-corrected chi connectivity index (χ1v) is 9.39. The minimum atomic E-state index is -0.408. The van der Waals surface area contributed by atoms with E-state index in [4.69, 9.17) is 0 Å². The van der Waals surface area contributed by atoms with Crippen molar-refractivity contribution in [3.05, 3.63) is 82.3 Å². The predicted octanol–water partition coefficient (Wildman–Crippen LogP) is 3.48. The number of pyridine rings is 1. The van der Waals surface area contributed by atoms with Gasteiger partial charge in [0.15, 0.2) is 0 Å². The number of ketones is 1. The highest BCUT2D eigenvalue weighted by molar-refractivity contribution is 5.87. The van der Waals surface area contributed by atoms with Gasteiger partial charge >= 0.3 is 0 Å². The van der Waals surface area contributed by atoms with Crippen LogP contribution in [0.25, 0.3) is 16.6 Å². The molecule has 3 heterocycles. The molecule has 0 radical (unpaired) electrons. The number of halogens is 1. The lowest BCUT2D eigenvalue weighted by atomic mass is 9.96. The maximum atomic E-state index is 13.9. The third kappa shape index (κ3) is 2.56. The number of carbonyl (C=O) groups excluding carboxylic acids is 1. The number of rotatable bonds is 4. The van der Waals surface area contributed by atoms with E-state index in [1.54, 1.807) is 35.0 Å². The number of nitrogens with zero attached hydrogens (tertiary/aromatic N) is 3. The molecule has 5 nitrogen and oxygen atoms in total. The summed E-state index contributed by atoms with van der Waals surface area (Å²) in [5, 5.41) is 0. The average molecular weight is 375 g/mol. The van der Waals surface area contributed by atoms with Gasteiger partial charge in [0.05, 0.1) is 11.0 Å². The number of aromatic nitrogens is 3. The van der Waals surface area contributed by atoms with Crippen LogP contribution in [0.3, 0.4) is 0 Å². The van der Waals surface area contributed by atoms with Gasteiger partial charge in [-0.3, -0.25) is 14.6 Å². The molecule has 0 aliphatic heterocycles. The Hall–Kier alpha value is -3.28. The van der Waals surface area contributed by atoms with Crippen LogP contribution >= 0.6 is 0 Å². The SMILES string of the molecule is O=C(CCn1c(=O)c2cccn2c2ccc(F)cc21)C1CCc2ncccc21. The van der Waals surface area contributed by atoms with Gasteiger partial charge in [0, 0.05) is 37.0 Å². The molecule has 0 spiro atoms. The Bertz CT molecular complexity index is 1290. The molecule has 0 N–H and O–H groups in total. The van der Waals surface area contributed by atoms with E-state index in [9.17, 15) is 14.0 Å². The normalized spacial score (nSPS) is 16.0. The fraction of sp³-hybridized carbons (Fsp3) is 0.227. The highest BCUT2D eigenvalue weighted by Crippen LogP contribution is 2.33.